The van der Waals surface area contributed by atoms with E-state index in [0.29, 0.717) is 66.5 Å². The molecule has 2 aromatic carbocycles. The number of rotatable bonds is 11. The van der Waals surface area contributed by atoms with Gasteiger partial charge in [-0.3, -0.25) is 24.5 Å². The van der Waals surface area contributed by atoms with Gasteiger partial charge in [-0.2, -0.15) is 0 Å². The molecule has 0 spiro atoms. The number of nitrogens with one attached hydrogen (secondary N) is 2. The van der Waals surface area contributed by atoms with Crippen LogP contribution in [0.1, 0.15) is 24.0 Å². The number of hydrogen-bond donors (Lipinski definition) is 2. The standard InChI is InChI=1S/C38H36Cl2N6O4/c1-49-37-23(16-41-18-26-10-12-34(47)44-26)9-11-31(45-37)29-7-3-5-27(35(29)39)28-6-4-8-30(36(28)40)33-14-32-24(17-43-33)13-22(15-42-32)19-46-20-25(21-46)38(48)50-2/h3-9,11,13-15,17,25-26,41H,10,12,16,18-21H2,1-2H3,(H,44,47)/t26-/m1/s1. The molecule has 0 unspecified atom stereocenters. The fourth-order valence-electron chi connectivity index (χ4n) is 6.59. The molecule has 3 aromatic heterocycles. The zero-order chi connectivity index (χ0) is 34.8. The van der Waals surface area contributed by atoms with E-state index >= 15 is 0 Å². The van der Waals surface area contributed by atoms with Crippen LogP contribution in [0.15, 0.2) is 73.1 Å². The van der Waals surface area contributed by atoms with Crippen molar-refractivity contribution in [3.63, 3.8) is 0 Å². The highest BCUT2D eigenvalue weighted by molar-refractivity contribution is 6.39. The molecular weight excluding hydrogens is 675 g/mol. The normalized spacial score (nSPS) is 16.3. The molecule has 10 nitrogen and oxygen atoms in total. The molecule has 5 heterocycles. The topological polar surface area (TPSA) is 119 Å². The largest absolute Gasteiger partial charge is 0.481 e. The first-order valence-corrected chi connectivity index (χ1v) is 17.2. The van der Waals surface area contributed by atoms with Crippen molar-refractivity contribution in [2.24, 2.45) is 5.92 Å². The van der Waals surface area contributed by atoms with Crippen LogP contribution < -0.4 is 15.4 Å². The summed E-state index contributed by atoms with van der Waals surface area (Å²) in [4.78, 5) is 39.7. The van der Waals surface area contributed by atoms with Crippen molar-refractivity contribution < 1.29 is 19.1 Å². The van der Waals surface area contributed by atoms with E-state index in [-0.39, 0.29) is 23.8 Å². The SMILES string of the molecule is COC(=O)C1CN(Cc2cnc3cc(-c4cccc(-c5cccc(-c6ccc(CNC[C@H]7CCC(=O)N7)c(OC)n6)c5Cl)c4Cl)ncc3c2)C1. The maximum atomic E-state index is 11.7. The number of esters is 1. The quantitative estimate of drug-likeness (QED) is 0.152. The number of hydrogen-bond acceptors (Lipinski definition) is 9. The molecule has 2 saturated heterocycles. The van der Waals surface area contributed by atoms with Crippen LogP contribution in [0.5, 0.6) is 5.88 Å². The Morgan fingerprint density at radius 3 is 2.34 bits per heavy atom. The van der Waals surface area contributed by atoms with Crippen LogP contribution >= 0.6 is 23.2 Å². The number of carbonyl (C=O) groups is 2. The Morgan fingerprint density at radius 1 is 0.940 bits per heavy atom. The summed E-state index contributed by atoms with van der Waals surface area (Å²) < 4.78 is 10.5. The minimum atomic E-state index is -0.159. The van der Waals surface area contributed by atoms with Gasteiger partial charge in [-0.25, -0.2) is 4.98 Å². The zero-order valence-electron chi connectivity index (χ0n) is 27.7. The van der Waals surface area contributed by atoms with Gasteiger partial charge in [0.2, 0.25) is 11.8 Å². The number of carbonyl (C=O) groups excluding carboxylic acids is 2. The number of amides is 1. The van der Waals surface area contributed by atoms with E-state index in [4.69, 9.17) is 47.6 Å². The number of aromatic nitrogens is 3. The van der Waals surface area contributed by atoms with Gasteiger partial charge in [-0.15, -0.1) is 0 Å². The van der Waals surface area contributed by atoms with E-state index in [0.717, 1.165) is 50.7 Å². The summed E-state index contributed by atoms with van der Waals surface area (Å²) in [6.45, 7) is 3.30. The van der Waals surface area contributed by atoms with Gasteiger partial charge in [0.05, 0.1) is 47.1 Å². The third-order valence-corrected chi connectivity index (χ3v) is 10.1. The van der Waals surface area contributed by atoms with E-state index in [1.54, 1.807) is 7.11 Å². The van der Waals surface area contributed by atoms with E-state index in [1.165, 1.54) is 7.11 Å². The Hall–Kier alpha value is -4.61. The minimum Gasteiger partial charge on any atom is -0.481 e. The van der Waals surface area contributed by atoms with E-state index in [9.17, 15) is 9.59 Å². The van der Waals surface area contributed by atoms with Crippen LogP contribution in [0.2, 0.25) is 10.0 Å². The molecule has 12 heteroatoms. The van der Waals surface area contributed by atoms with Crippen LogP contribution in [-0.2, 0) is 27.4 Å². The maximum Gasteiger partial charge on any atom is 0.311 e. The van der Waals surface area contributed by atoms with Crippen molar-refractivity contribution in [3.05, 3.63) is 94.2 Å². The number of methoxy groups -OCH3 is 2. The summed E-state index contributed by atoms with van der Waals surface area (Å²) in [6.07, 6.45) is 5.09. The number of ether oxygens (including phenoxy) is 2. The number of nitrogens with zero attached hydrogens (tertiary/aromatic N) is 4. The molecular formula is C38H36Cl2N6O4. The molecule has 0 aliphatic carbocycles. The zero-order valence-corrected chi connectivity index (χ0v) is 29.2. The number of benzene rings is 2. The smallest absolute Gasteiger partial charge is 0.311 e. The lowest BCUT2D eigenvalue weighted by molar-refractivity contribution is -0.151. The van der Waals surface area contributed by atoms with E-state index in [2.05, 4.69) is 21.6 Å². The molecule has 1 amide bonds. The molecule has 2 fully saturated rings. The second-order valence-corrected chi connectivity index (χ2v) is 13.4. The summed E-state index contributed by atoms with van der Waals surface area (Å²) in [5.74, 6) is 0.382. The molecule has 1 atom stereocenters. The fraction of sp³-hybridized carbons (Fsp3) is 0.289. The van der Waals surface area contributed by atoms with Crippen molar-refractivity contribution in [2.75, 3.05) is 33.9 Å². The van der Waals surface area contributed by atoms with Crippen LogP contribution in [0, 0.1) is 5.92 Å². The van der Waals surface area contributed by atoms with Crippen LogP contribution in [0.4, 0.5) is 0 Å². The Balaban J connectivity index is 1.09. The van der Waals surface area contributed by atoms with Crippen LogP contribution in [0.25, 0.3) is 44.5 Å². The Labute approximate surface area is 300 Å². The number of halogens is 2. The summed E-state index contributed by atoms with van der Waals surface area (Å²) >= 11 is 14.2. The molecule has 2 aliphatic rings. The second-order valence-electron chi connectivity index (χ2n) is 12.7. The summed E-state index contributed by atoms with van der Waals surface area (Å²) in [5.41, 5.74) is 7.19. The van der Waals surface area contributed by atoms with Gasteiger partial charge < -0.3 is 20.1 Å². The Bertz CT molecular complexity index is 2090. The third kappa shape index (κ3) is 7.02. The highest BCUT2D eigenvalue weighted by Gasteiger charge is 2.33. The summed E-state index contributed by atoms with van der Waals surface area (Å²) in [5, 5.41) is 8.34. The average molecular weight is 712 g/mol. The van der Waals surface area contributed by atoms with Crippen molar-refractivity contribution in [3.8, 4) is 39.5 Å². The van der Waals surface area contributed by atoms with Crippen molar-refractivity contribution in [1.82, 2.24) is 30.5 Å². The maximum absolute atomic E-state index is 11.7. The molecule has 0 radical (unpaired) electrons. The first kappa shape index (κ1) is 33.9. The lowest BCUT2D eigenvalue weighted by Gasteiger charge is -2.37. The van der Waals surface area contributed by atoms with Gasteiger partial charge in [0.15, 0.2) is 0 Å². The molecule has 2 N–H and O–H groups in total. The van der Waals surface area contributed by atoms with Gasteiger partial charge in [0.25, 0.3) is 0 Å². The number of likely N-dealkylation sites (tertiary alicyclic amines) is 1. The predicted molar refractivity (Wildman–Crippen MR) is 194 cm³/mol. The van der Waals surface area contributed by atoms with E-state index < -0.39 is 0 Å². The summed E-state index contributed by atoms with van der Waals surface area (Å²) in [7, 11) is 3.02. The fourth-order valence-corrected chi connectivity index (χ4v) is 7.24. The van der Waals surface area contributed by atoms with Gasteiger partial charge >= 0.3 is 5.97 Å². The van der Waals surface area contributed by atoms with Crippen molar-refractivity contribution >= 4 is 46.0 Å². The highest BCUT2D eigenvalue weighted by atomic mass is 35.5. The predicted octanol–water partition coefficient (Wildman–Crippen LogP) is 6.31. The monoisotopic (exact) mass is 710 g/mol. The Kier molecular flexibility index (Phi) is 9.96. The lowest BCUT2D eigenvalue weighted by Crippen LogP contribution is -2.49. The van der Waals surface area contributed by atoms with Gasteiger partial charge in [0.1, 0.15) is 0 Å². The molecule has 256 valence electrons. The first-order chi connectivity index (χ1) is 24.3. The first-order valence-electron chi connectivity index (χ1n) is 16.5. The lowest BCUT2D eigenvalue weighted by atomic mass is 9.98. The van der Waals surface area contributed by atoms with Crippen LogP contribution in [0.3, 0.4) is 0 Å². The highest BCUT2D eigenvalue weighted by Crippen LogP contribution is 2.42. The molecule has 2 aliphatic heterocycles. The summed E-state index contributed by atoms with van der Waals surface area (Å²) in [6, 6.07) is 19.7. The molecule has 0 bridgehead atoms. The molecule has 50 heavy (non-hydrogen) atoms. The molecule has 7 rings (SSSR count). The van der Waals surface area contributed by atoms with Gasteiger partial charge in [-0.1, -0.05) is 65.7 Å². The molecule has 5 aromatic rings. The van der Waals surface area contributed by atoms with E-state index in [1.807, 2.05) is 67.0 Å². The number of pyridine rings is 3. The second kappa shape index (κ2) is 14.7. The molecule has 0 saturated carbocycles. The van der Waals surface area contributed by atoms with Gasteiger partial charge in [0, 0.05) is 90.8 Å². The van der Waals surface area contributed by atoms with Crippen LogP contribution in [-0.4, -0.2) is 71.6 Å². The Morgan fingerprint density at radius 2 is 1.66 bits per heavy atom. The van der Waals surface area contributed by atoms with Crippen molar-refractivity contribution in [1.29, 1.82) is 0 Å². The third-order valence-electron chi connectivity index (χ3n) is 9.28. The average Bonchev–Trinajstić information content (AvgIpc) is 3.54. The van der Waals surface area contributed by atoms with Gasteiger partial charge in [-0.05, 0) is 30.2 Å². The minimum absolute atomic E-state index is 0.0601. The van der Waals surface area contributed by atoms with Crippen molar-refractivity contribution in [2.45, 2.75) is 32.0 Å². The number of fused-ring (bicyclic) bond motifs is 1.